The molecule has 1 aromatic heterocycles. The molecule has 0 spiro atoms. The van der Waals surface area contributed by atoms with Crippen molar-refractivity contribution in [1.29, 1.82) is 0 Å². The number of hydrogen-bond acceptors (Lipinski definition) is 7. The van der Waals surface area contributed by atoms with Gasteiger partial charge in [0.2, 0.25) is 5.89 Å². The van der Waals surface area contributed by atoms with Crippen LogP contribution in [0.25, 0.3) is 0 Å². The van der Waals surface area contributed by atoms with Gasteiger partial charge >= 0.3 is 5.97 Å². The lowest BCUT2D eigenvalue weighted by atomic mass is 10.1. The van der Waals surface area contributed by atoms with Crippen molar-refractivity contribution in [3.63, 3.8) is 0 Å². The quantitative estimate of drug-likeness (QED) is 0.506. The Kier molecular flexibility index (Phi) is 7.11. The number of aromatic nitrogens is 2. The van der Waals surface area contributed by atoms with Crippen LogP contribution in [0.5, 0.6) is 5.75 Å². The van der Waals surface area contributed by atoms with E-state index in [1.807, 2.05) is 24.3 Å². The number of unbranched alkanes of at least 4 members (excludes halogenated alkanes) is 1. The number of thioether (sulfide) groups is 1. The molecule has 1 atom stereocenters. The van der Waals surface area contributed by atoms with Crippen LogP contribution in [0.3, 0.4) is 0 Å². The van der Waals surface area contributed by atoms with E-state index in [4.69, 9.17) is 13.9 Å². The fourth-order valence-electron chi connectivity index (χ4n) is 2.18. The maximum atomic E-state index is 11.8. The molecule has 24 heavy (non-hydrogen) atoms. The maximum Gasteiger partial charge on any atom is 0.319 e. The third-order valence-electron chi connectivity index (χ3n) is 3.46. The number of carbonyl (C=O) groups is 1. The van der Waals surface area contributed by atoms with Crippen LogP contribution >= 0.6 is 11.8 Å². The highest BCUT2D eigenvalue weighted by Gasteiger charge is 2.23. The maximum absolute atomic E-state index is 11.8. The van der Waals surface area contributed by atoms with Gasteiger partial charge in [0, 0.05) is 0 Å². The van der Waals surface area contributed by atoms with Gasteiger partial charge in [-0.15, -0.1) is 10.2 Å². The monoisotopic (exact) mass is 350 g/mol. The van der Waals surface area contributed by atoms with Gasteiger partial charge in [0.05, 0.1) is 20.6 Å². The molecule has 0 aliphatic carbocycles. The van der Waals surface area contributed by atoms with E-state index >= 15 is 0 Å². The summed E-state index contributed by atoms with van der Waals surface area (Å²) in [7, 11) is 3.02. The molecule has 0 saturated carbocycles. The normalized spacial score (nSPS) is 12.0. The highest BCUT2D eigenvalue weighted by molar-refractivity contribution is 8.00. The van der Waals surface area contributed by atoms with Crippen LogP contribution in [0.2, 0.25) is 0 Å². The van der Waals surface area contributed by atoms with Crippen molar-refractivity contribution in [2.45, 2.75) is 43.1 Å². The SMILES string of the molecule is CCCCC(Sc1nnc(Cc2cccc(OC)c2)o1)C(=O)OC. The summed E-state index contributed by atoms with van der Waals surface area (Å²) >= 11 is 1.26. The van der Waals surface area contributed by atoms with Crippen molar-refractivity contribution in [1.82, 2.24) is 10.2 Å². The summed E-state index contributed by atoms with van der Waals surface area (Å²) < 4.78 is 15.7. The van der Waals surface area contributed by atoms with Crippen LogP contribution in [0.1, 0.15) is 37.6 Å². The molecule has 0 saturated heterocycles. The molecule has 0 fully saturated rings. The summed E-state index contributed by atoms with van der Waals surface area (Å²) in [6.07, 6.45) is 3.20. The summed E-state index contributed by atoms with van der Waals surface area (Å²) in [6.45, 7) is 2.08. The zero-order chi connectivity index (χ0) is 17.4. The molecular formula is C17H22N2O4S. The molecule has 1 heterocycles. The van der Waals surface area contributed by atoms with Crippen LogP contribution in [-0.4, -0.2) is 35.6 Å². The minimum absolute atomic E-state index is 0.263. The molecule has 7 heteroatoms. The number of benzene rings is 1. The van der Waals surface area contributed by atoms with Gasteiger partial charge in [0.1, 0.15) is 11.0 Å². The van der Waals surface area contributed by atoms with Crippen LogP contribution in [0.15, 0.2) is 33.9 Å². The Balaban J connectivity index is 2.01. The molecule has 1 unspecified atom stereocenters. The fourth-order valence-corrected chi connectivity index (χ4v) is 3.13. The van der Waals surface area contributed by atoms with Crippen LogP contribution in [0.4, 0.5) is 0 Å². The first kappa shape index (κ1) is 18.3. The van der Waals surface area contributed by atoms with E-state index in [0.717, 1.165) is 30.6 Å². The molecule has 2 aromatic rings. The molecule has 0 N–H and O–H groups in total. The summed E-state index contributed by atoms with van der Waals surface area (Å²) in [5.41, 5.74) is 1.02. The second-order valence-electron chi connectivity index (χ2n) is 5.26. The molecular weight excluding hydrogens is 328 g/mol. The number of methoxy groups -OCH3 is 2. The lowest BCUT2D eigenvalue weighted by molar-refractivity contribution is -0.140. The fraction of sp³-hybridized carbons (Fsp3) is 0.471. The predicted octanol–water partition coefficient (Wildman–Crippen LogP) is 3.49. The van der Waals surface area contributed by atoms with E-state index in [-0.39, 0.29) is 11.2 Å². The van der Waals surface area contributed by atoms with Crippen LogP contribution in [0, 0.1) is 0 Å². The van der Waals surface area contributed by atoms with Gasteiger partial charge in [-0.05, 0) is 24.1 Å². The van der Waals surface area contributed by atoms with Gasteiger partial charge in [-0.3, -0.25) is 4.79 Å². The van der Waals surface area contributed by atoms with E-state index in [1.54, 1.807) is 7.11 Å². The number of carbonyl (C=O) groups excluding carboxylic acids is 1. The third-order valence-corrected chi connectivity index (χ3v) is 4.54. The zero-order valence-corrected chi connectivity index (χ0v) is 15.0. The Morgan fingerprint density at radius 3 is 2.88 bits per heavy atom. The van der Waals surface area contributed by atoms with Gasteiger partial charge in [-0.2, -0.15) is 0 Å². The Morgan fingerprint density at radius 1 is 1.33 bits per heavy atom. The predicted molar refractivity (Wildman–Crippen MR) is 91.3 cm³/mol. The first-order valence-corrected chi connectivity index (χ1v) is 8.74. The number of nitrogens with zero attached hydrogens (tertiary/aromatic N) is 2. The molecule has 130 valence electrons. The van der Waals surface area contributed by atoms with Gasteiger partial charge in [-0.1, -0.05) is 43.7 Å². The molecule has 6 nitrogen and oxygen atoms in total. The third kappa shape index (κ3) is 5.26. The van der Waals surface area contributed by atoms with Crippen LogP contribution in [-0.2, 0) is 16.0 Å². The average Bonchev–Trinajstić information content (AvgIpc) is 3.05. The molecule has 0 bridgehead atoms. The van der Waals surface area contributed by atoms with Gasteiger partial charge < -0.3 is 13.9 Å². The Labute approximate surface area is 145 Å². The van der Waals surface area contributed by atoms with Gasteiger partial charge in [0.15, 0.2) is 0 Å². The largest absolute Gasteiger partial charge is 0.497 e. The first-order valence-electron chi connectivity index (χ1n) is 7.86. The number of esters is 1. The average molecular weight is 350 g/mol. The molecule has 1 aromatic carbocycles. The van der Waals surface area contributed by atoms with Crippen molar-refractivity contribution in [2.24, 2.45) is 0 Å². The molecule has 0 amide bonds. The van der Waals surface area contributed by atoms with E-state index in [9.17, 15) is 4.79 Å². The standard InChI is InChI=1S/C17H22N2O4S/c1-4-5-9-14(16(20)22-3)24-17-19-18-15(23-17)11-12-7-6-8-13(10-12)21-2/h6-8,10,14H,4-5,9,11H2,1-3H3. The van der Waals surface area contributed by atoms with Gasteiger partial charge in [-0.25, -0.2) is 0 Å². The van der Waals surface area contributed by atoms with Crippen molar-refractivity contribution >= 4 is 17.7 Å². The summed E-state index contributed by atoms with van der Waals surface area (Å²) in [5.74, 6) is 1.03. The second kappa shape index (κ2) is 9.32. The van der Waals surface area contributed by atoms with E-state index < -0.39 is 0 Å². The van der Waals surface area contributed by atoms with Crippen molar-refractivity contribution in [2.75, 3.05) is 14.2 Å². The molecule has 0 aliphatic rings. The molecule has 0 radical (unpaired) electrons. The smallest absolute Gasteiger partial charge is 0.319 e. The van der Waals surface area contributed by atoms with Crippen molar-refractivity contribution < 1.29 is 18.7 Å². The lowest BCUT2D eigenvalue weighted by Crippen LogP contribution is -2.18. The summed E-state index contributed by atoms with van der Waals surface area (Å²) in [5, 5.41) is 8.15. The minimum atomic E-state index is -0.319. The lowest BCUT2D eigenvalue weighted by Gasteiger charge is -2.10. The Hall–Kier alpha value is -2.02. The first-order chi connectivity index (χ1) is 11.7. The van der Waals surface area contributed by atoms with Crippen LogP contribution < -0.4 is 4.74 Å². The topological polar surface area (TPSA) is 74.5 Å². The summed E-state index contributed by atoms with van der Waals surface area (Å²) in [6, 6.07) is 7.69. The number of rotatable bonds is 9. The molecule has 2 rings (SSSR count). The van der Waals surface area contributed by atoms with E-state index in [0.29, 0.717) is 17.5 Å². The number of hydrogen-bond donors (Lipinski definition) is 0. The van der Waals surface area contributed by atoms with E-state index in [1.165, 1.54) is 18.9 Å². The Bertz CT molecular complexity index is 660. The highest BCUT2D eigenvalue weighted by atomic mass is 32.2. The second-order valence-corrected chi connectivity index (χ2v) is 6.42. The highest BCUT2D eigenvalue weighted by Crippen LogP contribution is 2.27. The minimum Gasteiger partial charge on any atom is -0.497 e. The zero-order valence-electron chi connectivity index (χ0n) is 14.2. The Morgan fingerprint density at radius 2 is 2.17 bits per heavy atom. The molecule has 0 aliphatic heterocycles. The van der Waals surface area contributed by atoms with E-state index in [2.05, 4.69) is 17.1 Å². The number of ether oxygens (including phenoxy) is 2. The van der Waals surface area contributed by atoms with Crippen molar-refractivity contribution in [3.8, 4) is 5.75 Å². The summed E-state index contributed by atoms with van der Waals surface area (Å²) in [4.78, 5) is 11.8. The van der Waals surface area contributed by atoms with Crippen molar-refractivity contribution in [3.05, 3.63) is 35.7 Å². The van der Waals surface area contributed by atoms with Gasteiger partial charge in [0.25, 0.3) is 5.22 Å².